The predicted molar refractivity (Wildman–Crippen MR) is 98.7 cm³/mol. The zero-order chi connectivity index (χ0) is 17.2. The van der Waals surface area contributed by atoms with Crippen LogP contribution in [-0.2, 0) is 24.3 Å². The standard InChI is InChI=1S/C21H22N2O2/c1-25-20-8-4-7-19-18(20)10-13-22(19)14-11-21(24)23-12-9-16-5-2-3-6-17(16)15-23/h2-8,10,13H,9,11-12,14-15H2,1H3. The second-order valence-electron chi connectivity index (χ2n) is 6.49. The van der Waals surface area contributed by atoms with Crippen molar-refractivity contribution in [2.75, 3.05) is 13.7 Å². The first-order chi connectivity index (χ1) is 12.3. The molecule has 0 unspecified atom stereocenters. The van der Waals surface area contributed by atoms with E-state index in [-0.39, 0.29) is 5.91 Å². The molecule has 4 heteroatoms. The molecule has 0 fully saturated rings. The fourth-order valence-electron chi connectivity index (χ4n) is 3.65. The Morgan fingerprint density at radius 2 is 1.92 bits per heavy atom. The van der Waals surface area contributed by atoms with E-state index >= 15 is 0 Å². The number of hydrogen-bond acceptors (Lipinski definition) is 2. The van der Waals surface area contributed by atoms with Crippen LogP contribution < -0.4 is 4.74 Å². The van der Waals surface area contributed by atoms with Gasteiger partial charge >= 0.3 is 0 Å². The van der Waals surface area contributed by atoms with Gasteiger partial charge in [-0.15, -0.1) is 0 Å². The number of hydrogen-bond donors (Lipinski definition) is 0. The van der Waals surface area contributed by atoms with Crippen molar-refractivity contribution < 1.29 is 9.53 Å². The van der Waals surface area contributed by atoms with Crippen LogP contribution in [0.25, 0.3) is 10.9 Å². The summed E-state index contributed by atoms with van der Waals surface area (Å²) in [5.74, 6) is 1.09. The van der Waals surface area contributed by atoms with Crippen molar-refractivity contribution >= 4 is 16.8 Å². The van der Waals surface area contributed by atoms with Crippen LogP contribution >= 0.6 is 0 Å². The summed E-state index contributed by atoms with van der Waals surface area (Å²) >= 11 is 0. The number of amides is 1. The van der Waals surface area contributed by atoms with Gasteiger partial charge in [0.05, 0.1) is 12.6 Å². The summed E-state index contributed by atoms with van der Waals surface area (Å²) in [6.45, 7) is 2.24. The molecular weight excluding hydrogens is 312 g/mol. The van der Waals surface area contributed by atoms with E-state index in [0.29, 0.717) is 13.0 Å². The number of rotatable bonds is 4. The molecule has 4 rings (SSSR count). The molecule has 0 N–H and O–H groups in total. The predicted octanol–water partition coefficient (Wildman–Crippen LogP) is 3.62. The fourth-order valence-corrected chi connectivity index (χ4v) is 3.65. The lowest BCUT2D eigenvalue weighted by molar-refractivity contribution is -0.132. The number of carbonyl (C=O) groups is 1. The summed E-state index contributed by atoms with van der Waals surface area (Å²) in [4.78, 5) is 14.6. The zero-order valence-electron chi connectivity index (χ0n) is 14.4. The lowest BCUT2D eigenvalue weighted by atomic mass is 10.00. The highest BCUT2D eigenvalue weighted by atomic mass is 16.5. The number of fused-ring (bicyclic) bond motifs is 2. The third-order valence-electron chi connectivity index (χ3n) is 5.04. The van der Waals surface area contributed by atoms with Gasteiger partial charge in [0.1, 0.15) is 5.75 Å². The first-order valence-electron chi connectivity index (χ1n) is 8.72. The molecule has 0 atom stereocenters. The van der Waals surface area contributed by atoms with Gasteiger partial charge in [-0.2, -0.15) is 0 Å². The minimum Gasteiger partial charge on any atom is -0.496 e. The number of methoxy groups -OCH3 is 1. The van der Waals surface area contributed by atoms with Crippen LogP contribution in [0.1, 0.15) is 17.5 Å². The van der Waals surface area contributed by atoms with Gasteiger partial charge in [-0.1, -0.05) is 30.3 Å². The molecule has 1 aliphatic rings. The van der Waals surface area contributed by atoms with Gasteiger partial charge in [-0.05, 0) is 35.7 Å². The van der Waals surface area contributed by atoms with Crippen molar-refractivity contribution in [3.63, 3.8) is 0 Å². The van der Waals surface area contributed by atoms with Crippen LogP contribution in [0.4, 0.5) is 0 Å². The normalized spacial score (nSPS) is 13.7. The molecule has 0 aliphatic carbocycles. The molecule has 1 aliphatic heterocycles. The maximum absolute atomic E-state index is 12.7. The first-order valence-corrected chi connectivity index (χ1v) is 8.72. The molecule has 1 amide bonds. The Morgan fingerprint density at radius 3 is 2.76 bits per heavy atom. The van der Waals surface area contributed by atoms with Gasteiger partial charge in [0, 0.05) is 37.6 Å². The SMILES string of the molecule is COc1cccc2c1ccn2CCC(=O)N1CCc2ccccc2C1. The van der Waals surface area contributed by atoms with Crippen LogP contribution in [0.2, 0.25) is 0 Å². The van der Waals surface area contributed by atoms with E-state index in [1.165, 1.54) is 11.1 Å². The molecule has 2 aromatic carbocycles. The van der Waals surface area contributed by atoms with E-state index in [1.54, 1.807) is 7.11 Å². The van der Waals surface area contributed by atoms with Gasteiger partial charge < -0.3 is 14.2 Å². The lowest BCUT2D eigenvalue weighted by Crippen LogP contribution is -2.36. The minimum atomic E-state index is 0.222. The molecule has 0 spiro atoms. The Bertz CT molecular complexity index is 913. The van der Waals surface area contributed by atoms with Crippen LogP contribution in [0.3, 0.4) is 0 Å². The number of carbonyl (C=O) groups excluding carboxylic acids is 1. The van der Waals surface area contributed by atoms with Crippen LogP contribution in [0.5, 0.6) is 5.75 Å². The summed E-state index contributed by atoms with van der Waals surface area (Å²) in [5.41, 5.74) is 3.75. The van der Waals surface area contributed by atoms with E-state index in [9.17, 15) is 4.79 Å². The molecule has 25 heavy (non-hydrogen) atoms. The van der Waals surface area contributed by atoms with Crippen molar-refractivity contribution in [3.8, 4) is 5.75 Å². The monoisotopic (exact) mass is 334 g/mol. The van der Waals surface area contributed by atoms with Gasteiger partial charge in [-0.25, -0.2) is 0 Å². The third-order valence-corrected chi connectivity index (χ3v) is 5.04. The van der Waals surface area contributed by atoms with Crippen molar-refractivity contribution in [1.82, 2.24) is 9.47 Å². The molecule has 128 valence electrons. The van der Waals surface area contributed by atoms with E-state index in [1.807, 2.05) is 29.3 Å². The van der Waals surface area contributed by atoms with E-state index in [2.05, 4.69) is 34.9 Å². The number of ether oxygens (including phenoxy) is 1. The summed E-state index contributed by atoms with van der Waals surface area (Å²) < 4.78 is 7.54. The van der Waals surface area contributed by atoms with Crippen LogP contribution in [-0.4, -0.2) is 29.0 Å². The summed E-state index contributed by atoms with van der Waals surface area (Å²) in [5, 5.41) is 1.09. The fraction of sp³-hybridized carbons (Fsp3) is 0.286. The van der Waals surface area contributed by atoms with Crippen molar-refractivity contribution in [2.24, 2.45) is 0 Å². The molecule has 2 heterocycles. The zero-order valence-corrected chi connectivity index (χ0v) is 14.4. The van der Waals surface area contributed by atoms with Crippen molar-refractivity contribution in [2.45, 2.75) is 25.9 Å². The average molecular weight is 334 g/mol. The Morgan fingerprint density at radius 1 is 1.08 bits per heavy atom. The van der Waals surface area contributed by atoms with Crippen molar-refractivity contribution in [1.29, 1.82) is 0 Å². The molecule has 3 aromatic rings. The lowest BCUT2D eigenvalue weighted by Gasteiger charge is -2.29. The summed E-state index contributed by atoms with van der Waals surface area (Å²) in [7, 11) is 1.68. The summed E-state index contributed by atoms with van der Waals surface area (Å²) in [6.07, 6.45) is 3.50. The Kier molecular flexibility index (Phi) is 4.18. The van der Waals surface area contributed by atoms with E-state index in [4.69, 9.17) is 4.74 Å². The van der Waals surface area contributed by atoms with Crippen LogP contribution in [0.15, 0.2) is 54.7 Å². The second kappa shape index (κ2) is 6.63. The van der Waals surface area contributed by atoms with Gasteiger partial charge in [0.25, 0.3) is 0 Å². The maximum atomic E-state index is 12.7. The maximum Gasteiger partial charge on any atom is 0.224 e. The smallest absolute Gasteiger partial charge is 0.224 e. The summed E-state index contributed by atoms with van der Waals surface area (Å²) in [6, 6.07) is 16.5. The molecule has 4 nitrogen and oxygen atoms in total. The molecule has 0 saturated heterocycles. The molecule has 0 radical (unpaired) electrons. The third kappa shape index (κ3) is 3.00. The average Bonchev–Trinajstić information content (AvgIpc) is 3.09. The molecule has 0 bridgehead atoms. The van der Waals surface area contributed by atoms with Crippen LogP contribution in [0, 0.1) is 0 Å². The van der Waals surface area contributed by atoms with E-state index in [0.717, 1.165) is 36.2 Å². The molecular formula is C21H22N2O2. The largest absolute Gasteiger partial charge is 0.496 e. The Labute approximate surface area is 147 Å². The number of nitrogens with zero attached hydrogens (tertiary/aromatic N) is 2. The van der Waals surface area contributed by atoms with Crippen molar-refractivity contribution in [3.05, 3.63) is 65.9 Å². The van der Waals surface area contributed by atoms with Gasteiger partial charge in [-0.3, -0.25) is 4.79 Å². The molecule has 0 saturated carbocycles. The number of aryl methyl sites for hydroxylation is 1. The highest BCUT2D eigenvalue weighted by Gasteiger charge is 2.20. The topological polar surface area (TPSA) is 34.5 Å². The van der Waals surface area contributed by atoms with E-state index < -0.39 is 0 Å². The Balaban J connectivity index is 1.45. The minimum absolute atomic E-state index is 0.222. The second-order valence-corrected chi connectivity index (χ2v) is 6.49. The highest BCUT2D eigenvalue weighted by molar-refractivity contribution is 5.86. The quantitative estimate of drug-likeness (QED) is 0.730. The van der Waals surface area contributed by atoms with Gasteiger partial charge in [0.2, 0.25) is 5.91 Å². The number of benzene rings is 2. The Hall–Kier alpha value is -2.75. The molecule has 1 aromatic heterocycles. The highest BCUT2D eigenvalue weighted by Crippen LogP contribution is 2.26. The van der Waals surface area contributed by atoms with Gasteiger partial charge in [0.15, 0.2) is 0 Å². The first kappa shape index (κ1) is 15.8. The number of aromatic nitrogens is 1.